The molecule has 0 radical (unpaired) electrons. The van der Waals surface area contributed by atoms with Crippen LogP contribution in [0.5, 0.6) is 0 Å². The van der Waals surface area contributed by atoms with E-state index >= 15 is 0 Å². The quantitative estimate of drug-likeness (QED) is 0.920. The van der Waals surface area contributed by atoms with Gasteiger partial charge in [0.2, 0.25) is 0 Å². The van der Waals surface area contributed by atoms with Crippen molar-refractivity contribution in [3.63, 3.8) is 0 Å². The maximum atomic E-state index is 12.8. The van der Waals surface area contributed by atoms with Crippen LogP contribution in [-0.4, -0.2) is 20.2 Å². The summed E-state index contributed by atoms with van der Waals surface area (Å²) in [6.07, 6.45) is -4.53. The Balaban J connectivity index is 3.43. The SMILES string of the molecule is CCC(CN)S(=O)(=O)c1ccccc1C(F)(F)F. The van der Waals surface area contributed by atoms with Gasteiger partial charge >= 0.3 is 6.18 Å². The van der Waals surface area contributed by atoms with E-state index in [4.69, 9.17) is 5.73 Å². The minimum atomic E-state index is -4.70. The molecule has 0 fully saturated rings. The van der Waals surface area contributed by atoms with Crippen molar-refractivity contribution in [3.05, 3.63) is 29.8 Å². The Labute approximate surface area is 104 Å². The highest BCUT2D eigenvalue weighted by Crippen LogP contribution is 2.35. The number of halogens is 3. The molecule has 0 saturated carbocycles. The average Bonchev–Trinajstić information content (AvgIpc) is 2.29. The van der Waals surface area contributed by atoms with Crippen LogP contribution in [0.1, 0.15) is 18.9 Å². The fourth-order valence-electron chi connectivity index (χ4n) is 1.64. The first kappa shape index (κ1) is 15.0. The summed E-state index contributed by atoms with van der Waals surface area (Å²) in [6.45, 7) is 1.37. The van der Waals surface area contributed by atoms with E-state index < -0.39 is 31.7 Å². The molecule has 1 atom stereocenters. The highest BCUT2D eigenvalue weighted by molar-refractivity contribution is 7.92. The Hall–Kier alpha value is -1.08. The zero-order valence-corrected chi connectivity index (χ0v) is 10.6. The van der Waals surface area contributed by atoms with Gasteiger partial charge in [-0.25, -0.2) is 8.42 Å². The molecule has 1 aromatic rings. The van der Waals surface area contributed by atoms with Crippen molar-refractivity contribution < 1.29 is 21.6 Å². The van der Waals surface area contributed by atoms with Gasteiger partial charge in [0.1, 0.15) is 0 Å². The first-order chi connectivity index (χ1) is 8.25. The Bertz CT molecular complexity index is 507. The van der Waals surface area contributed by atoms with Crippen LogP contribution in [0.4, 0.5) is 13.2 Å². The second kappa shape index (κ2) is 5.27. The summed E-state index contributed by atoms with van der Waals surface area (Å²) in [5.74, 6) is 0. The summed E-state index contributed by atoms with van der Waals surface area (Å²) in [5.41, 5.74) is 4.16. The molecule has 3 nitrogen and oxygen atoms in total. The highest BCUT2D eigenvalue weighted by Gasteiger charge is 2.38. The Morgan fingerprint density at radius 1 is 1.28 bits per heavy atom. The standard InChI is InChI=1S/C11H14F3NO2S/c1-2-8(7-15)18(16,17)10-6-4-3-5-9(10)11(12,13)14/h3-6,8H,2,7,15H2,1H3. The van der Waals surface area contributed by atoms with E-state index in [1.807, 2.05) is 0 Å². The maximum Gasteiger partial charge on any atom is 0.417 e. The molecule has 0 aromatic heterocycles. The monoisotopic (exact) mass is 281 g/mol. The van der Waals surface area contributed by atoms with E-state index in [0.717, 1.165) is 18.2 Å². The number of benzene rings is 1. The molecule has 102 valence electrons. The first-order valence-corrected chi connectivity index (χ1v) is 6.90. The zero-order chi connectivity index (χ0) is 14.0. The van der Waals surface area contributed by atoms with Gasteiger partial charge < -0.3 is 5.73 Å². The number of rotatable bonds is 4. The van der Waals surface area contributed by atoms with Gasteiger partial charge in [-0.15, -0.1) is 0 Å². The molecule has 7 heteroatoms. The van der Waals surface area contributed by atoms with Gasteiger partial charge in [0.05, 0.1) is 15.7 Å². The summed E-state index contributed by atoms with van der Waals surface area (Å²) in [6, 6.07) is 4.16. The van der Waals surface area contributed by atoms with Crippen molar-refractivity contribution in [1.82, 2.24) is 0 Å². The van der Waals surface area contributed by atoms with Crippen LogP contribution in [0.2, 0.25) is 0 Å². The fraction of sp³-hybridized carbons (Fsp3) is 0.455. The topological polar surface area (TPSA) is 60.2 Å². The van der Waals surface area contributed by atoms with Crippen molar-refractivity contribution in [2.24, 2.45) is 5.73 Å². The second-order valence-electron chi connectivity index (χ2n) is 3.80. The second-order valence-corrected chi connectivity index (χ2v) is 6.00. The molecular formula is C11H14F3NO2S. The van der Waals surface area contributed by atoms with Crippen molar-refractivity contribution in [1.29, 1.82) is 0 Å². The average molecular weight is 281 g/mol. The zero-order valence-electron chi connectivity index (χ0n) is 9.74. The molecule has 0 saturated heterocycles. The van der Waals surface area contributed by atoms with E-state index in [9.17, 15) is 21.6 Å². The lowest BCUT2D eigenvalue weighted by Crippen LogP contribution is -2.30. The smallest absolute Gasteiger partial charge is 0.329 e. The maximum absolute atomic E-state index is 12.8. The van der Waals surface area contributed by atoms with E-state index in [-0.39, 0.29) is 13.0 Å². The third kappa shape index (κ3) is 2.84. The van der Waals surface area contributed by atoms with Crippen LogP contribution in [0.3, 0.4) is 0 Å². The minimum absolute atomic E-state index is 0.172. The van der Waals surface area contributed by atoms with E-state index in [1.54, 1.807) is 6.92 Å². The molecule has 1 rings (SSSR count). The van der Waals surface area contributed by atoms with Gasteiger partial charge in [0.15, 0.2) is 9.84 Å². The summed E-state index contributed by atoms with van der Waals surface area (Å²) in [5, 5.41) is -0.999. The van der Waals surface area contributed by atoms with E-state index in [1.165, 1.54) is 6.07 Å². The molecule has 0 spiro atoms. The van der Waals surface area contributed by atoms with Crippen LogP contribution >= 0.6 is 0 Å². The van der Waals surface area contributed by atoms with Crippen LogP contribution in [-0.2, 0) is 16.0 Å². The van der Waals surface area contributed by atoms with Crippen molar-refractivity contribution in [3.8, 4) is 0 Å². The molecular weight excluding hydrogens is 267 g/mol. The van der Waals surface area contributed by atoms with E-state index in [0.29, 0.717) is 0 Å². The van der Waals surface area contributed by atoms with Gasteiger partial charge in [-0.1, -0.05) is 19.1 Å². The van der Waals surface area contributed by atoms with Gasteiger partial charge in [0, 0.05) is 6.54 Å². The molecule has 0 aliphatic carbocycles. The number of sulfone groups is 1. The number of hydrogen-bond acceptors (Lipinski definition) is 3. The van der Waals surface area contributed by atoms with Gasteiger partial charge in [-0.05, 0) is 18.6 Å². The van der Waals surface area contributed by atoms with E-state index in [2.05, 4.69) is 0 Å². The van der Waals surface area contributed by atoms with Crippen LogP contribution in [0, 0.1) is 0 Å². The number of nitrogens with two attached hydrogens (primary N) is 1. The molecule has 0 amide bonds. The lowest BCUT2D eigenvalue weighted by Gasteiger charge is -2.17. The van der Waals surface area contributed by atoms with Gasteiger partial charge in [-0.3, -0.25) is 0 Å². The lowest BCUT2D eigenvalue weighted by atomic mass is 10.2. The predicted octanol–water partition coefficient (Wildman–Crippen LogP) is 2.22. The summed E-state index contributed by atoms with van der Waals surface area (Å²) in [7, 11) is -4.06. The number of hydrogen-bond donors (Lipinski definition) is 1. The predicted molar refractivity (Wildman–Crippen MR) is 61.8 cm³/mol. The Morgan fingerprint density at radius 2 is 1.83 bits per heavy atom. The van der Waals surface area contributed by atoms with Crippen LogP contribution in [0.15, 0.2) is 29.2 Å². The van der Waals surface area contributed by atoms with Gasteiger partial charge in [-0.2, -0.15) is 13.2 Å². The largest absolute Gasteiger partial charge is 0.417 e. The normalized spacial score (nSPS) is 14.5. The first-order valence-electron chi connectivity index (χ1n) is 5.35. The van der Waals surface area contributed by atoms with Crippen molar-refractivity contribution in [2.45, 2.75) is 29.7 Å². The summed E-state index contributed by atoms with van der Waals surface area (Å²) < 4.78 is 62.4. The number of alkyl halides is 3. The van der Waals surface area contributed by atoms with Crippen molar-refractivity contribution in [2.75, 3.05) is 6.54 Å². The molecule has 1 aromatic carbocycles. The minimum Gasteiger partial charge on any atom is -0.329 e. The molecule has 0 aliphatic heterocycles. The third-order valence-electron chi connectivity index (χ3n) is 2.66. The molecule has 18 heavy (non-hydrogen) atoms. The highest BCUT2D eigenvalue weighted by atomic mass is 32.2. The van der Waals surface area contributed by atoms with Gasteiger partial charge in [0.25, 0.3) is 0 Å². The molecule has 0 aliphatic rings. The van der Waals surface area contributed by atoms with Crippen LogP contribution in [0.25, 0.3) is 0 Å². The van der Waals surface area contributed by atoms with Crippen LogP contribution < -0.4 is 5.73 Å². The summed E-state index contributed by atoms with van der Waals surface area (Å²) in [4.78, 5) is -0.699. The Morgan fingerprint density at radius 3 is 2.28 bits per heavy atom. The lowest BCUT2D eigenvalue weighted by molar-refractivity contribution is -0.139. The molecule has 1 unspecified atom stereocenters. The molecule has 0 bridgehead atoms. The molecule has 0 heterocycles. The fourth-order valence-corrected chi connectivity index (χ4v) is 3.45. The van der Waals surface area contributed by atoms with Crippen molar-refractivity contribution >= 4 is 9.84 Å². The third-order valence-corrected chi connectivity index (χ3v) is 5.03. The summed E-state index contributed by atoms with van der Waals surface area (Å²) >= 11 is 0. The molecule has 2 N–H and O–H groups in total. The Kier molecular flexibility index (Phi) is 4.39.